The van der Waals surface area contributed by atoms with E-state index in [-0.39, 0.29) is 5.95 Å². The SMILES string of the molecule is CCN(CCc1ccncc1)C(=O)C(=O)Nc1ncn[nH]1. The highest BCUT2D eigenvalue weighted by atomic mass is 16.2. The van der Waals surface area contributed by atoms with E-state index in [2.05, 4.69) is 25.5 Å². The van der Waals surface area contributed by atoms with Gasteiger partial charge in [-0.15, -0.1) is 0 Å². The van der Waals surface area contributed by atoms with Crippen molar-refractivity contribution in [3.63, 3.8) is 0 Å². The fourth-order valence-corrected chi connectivity index (χ4v) is 1.79. The molecule has 8 heteroatoms. The quantitative estimate of drug-likeness (QED) is 0.766. The number of nitrogens with one attached hydrogen (secondary N) is 2. The van der Waals surface area contributed by atoms with Crippen LogP contribution in [-0.4, -0.2) is 50.0 Å². The van der Waals surface area contributed by atoms with Crippen molar-refractivity contribution in [1.29, 1.82) is 0 Å². The largest absolute Gasteiger partial charge is 0.334 e. The average molecular weight is 288 g/mol. The third kappa shape index (κ3) is 4.10. The lowest BCUT2D eigenvalue weighted by atomic mass is 10.2. The second-order valence-electron chi connectivity index (χ2n) is 4.28. The van der Waals surface area contributed by atoms with Crippen LogP contribution < -0.4 is 5.32 Å². The first kappa shape index (κ1) is 14.6. The lowest BCUT2D eigenvalue weighted by Crippen LogP contribution is -2.40. The molecular formula is C13H16N6O2. The molecule has 2 rings (SSSR count). The van der Waals surface area contributed by atoms with Gasteiger partial charge in [-0.25, -0.2) is 5.10 Å². The molecule has 0 aliphatic heterocycles. The Morgan fingerprint density at radius 3 is 2.71 bits per heavy atom. The summed E-state index contributed by atoms with van der Waals surface area (Å²) in [5.41, 5.74) is 1.06. The Hall–Kier alpha value is -2.77. The smallest absolute Gasteiger partial charge is 0.316 e. The second-order valence-corrected chi connectivity index (χ2v) is 4.28. The van der Waals surface area contributed by atoms with Crippen LogP contribution in [0.5, 0.6) is 0 Å². The van der Waals surface area contributed by atoms with Crippen LogP contribution in [0.15, 0.2) is 30.9 Å². The van der Waals surface area contributed by atoms with E-state index in [0.717, 1.165) is 5.56 Å². The van der Waals surface area contributed by atoms with E-state index >= 15 is 0 Å². The predicted molar refractivity (Wildman–Crippen MR) is 75.2 cm³/mol. The molecule has 2 amide bonds. The third-order valence-electron chi connectivity index (χ3n) is 2.93. The zero-order valence-corrected chi connectivity index (χ0v) is 11.6. The number of hydrogen-bond acceptors (Lipinski definition) is 5. The highest BCUT2D eigenvalue weighted by molar-refractivity contribution is 6.39. The van der Waals surface area contributed by atoms with Gasteiger partial charge in [-0.05, 0) is 31.0 Å². The molecule has 0 unspecified atom stereocenters. The maximum absolute atomic E-state index is 12.1. The van der Waals surface area contributed by atoms with Crippen LogP contribution in [0.1, 0.15) is 12.5 Å². The number of nitrogens with zero attached hydrogens (tertiary/aromatic N) is 4. The Bertz CT molecular complexity index is 584. The molecule has 2 aromatic rings. The first-order valence-electron chi connectivity index (χ1n) is 6.55. The van der Waals surface area contributed by atoms with E-state index in [1.165, 1.54) is 11.2 Å². The molecule has 2 aromatic heterocycles. The Balaban J connectivity index is 1.90. The molecule has 0 radical (unpaired) electrons. The summed E-state index contributed by atoms with van der Waals surface area (Å²) in [6, 6.07) is 3.76. The van der Waals surface area contributed by atoms with Crippen molar-refractivity contribution in [2.75, 3.05) is 18.4 Å². The van der Waals surface area contributed by atoms with E-state index in [1.54, 1.807) is 12.4 Å². The summed E-state index contributed by atoms with van der Waals surface area (Å²) >= 11 is 0. The average Bonchev–Trinajstić information content (AvgIpc) is 3.01. The van der Waals surface area contributed by atoms with E-state index in [4.69, 9.17) is 0 Å². The van der Waals surface area contributed by atoms with Crippen molar-refractivity contribution in [3.05, 3.63) is 36.4 Å². The Morgan fingerprint density at radius 1 is 1.33 bits per heavy atom. The van der Waals surface area contributed by atoms with Crippen LogP contribution in [0, 0.1) is 0 Å². The lowest BCUT2D eigenvalue weighted by molar-refractivity contribution is -0.143. The summed E-state index contributed by atoms with van der Waals surface area (Å²) in [4.78, 5) is 33.0. The fourth-order valence-electron chi connectivity index (χ4n) is 1.79. The number of amides is 2. The molecule has 0 aliphatic carbocycles. The van der Waals surface area contributed by atoms with E-state index in [9.17, 15) is 9.59 Å². The zero-order chi connectivity index (χ0) is 15.1. The number of aromatic nitrogens is 4. The minimum absolute atomic E-state index is 0.151. The maximum Gasteiger partial charge on any atom is 0.316 e. The number of carbonyl (C=O) groups excluding carboxylic acids is 2. The van der Waals surface area contributed by atoms with Crippen LogP contribution in [0.2, 0.25) is 0 Å². The molecule has 0 aliphatic rings. The predicted octanol–water partition coefficient (Wildman–Crippen LogP) is 0.229. The number of H-pyrrole nitrogens is 1. The molecule has 21 heavy (non-hydrogen) atoms. The summed E-state index contributed by atoms with van der Waals surface area (Å²) in [6.07, 6.45) is 5.31. The zero-order valence-electron chi connectivity index (χ0n) is 11.6. The van der Waals surface area contributed by atoms with Gasteiger partial charge in [0.15, 0.2) is 0 Å². The Morgan fingerprint density at radius 2 is 2.10 bits per heavy atom. The van der Waals surface area contributed by atoms with Gasteiger partial charge in [0.25, 0.3) is 0 Å². The van der Waals surface area contributed by atoms with E-state index < -0.39 is 11.8 Å². The molecule has 8 nitrogen and oxygen atoms in total. The van der Waals surface area contributed by atoms with Crippen molar-refractivity contribution in [2.45, 2.75) is 13.3 Å². The van der Waals surface area contributed by atoms with Crippen LogP contribution >= 0.6 is 0 Å². The molecule has 0 atom stereocenters. The molecule has 0 bridgehead atoms. The number of anilines is 1. The van der Waals surface area contributed by atoms with Gasteiger partial charge in [-0.3, -0.25) is 19.9 Å². The highest BCUT2D eigenvalue weighted by Crippen LogP contribution is 2.02. The van der Waals surface area contributed by atoms with Gasteiger partial charge in [0.2, 0.25) is 5.95 Å². The Kier molecular flexibility index (Phi) is 4.97. The number of aromatic amines is 1. The molecule has 2 N–H and O–H groups in total. The van der Waals surface area contributed by atoms with E-state index in [0.29, 0.717) is 19.5 Å². The van der Waals surface area contributed by atoms with Crippen LogP contribution in [-0.2, 0) is 16.0 Å². The van der Waals surface area contributed by atoms with Crippen molar-refractivity contribution in [1.82, 2.24) is 25.1 Å². The third-order valence-corrected chi connectivity index (χ3v) is 2.93. The second kappa shape index (κ2) is 7.13. The molecule has 0 fully saturated rings. The minimum atomic E-state index is -0.733. The van der Waals surface area contributed by atoms with Gasteiger partial charge < -0.3 is 4.90 Å². The summed E-state index contributed by atoms with van der Waals surface area (Å²) in [5.74, 6) is -1.18. The topological polar surface area (TPSA) is 104 Å². The normalized spacial score (nSPS) is 10.1. The van der Waals surface area contributed by atoms with Gasteiger partial charge in [-0.2, -0.15) is 10.1 Å². The van der Waals surface area contributed by atoms with Crippen molar-refractivity contribution < 1.29 is 9.59 Å². The van der Waals surface area contributed by atoms with Gasteiger partial charge >= 0.3 is 11.8 Å². The van der Waals surface area contributed by atoms with Gasteiger partial charge in [0.05, 0.1) is 0 Å². The first-order valence-corrected chi connectivity index (χ1v) is 6.55. The molecule has 0 spiro atoms. The molecule has 0 aromatic carbocycles. The minimum Gasteiger partial charge on any atom is -0.334 e. The maximum atomic E-state index is 12.1. The van der Waals surface area contributed by atoms with Crippen molar-refractivity contribution in [2.24, 2.45) is 0 Å². The van der Waals surface area contributed by atoms with Gasteiger partial charge in [-0.1, -0.05) is 0 Å². The lowest BCUT2D eigenvalue weighted by Gasteiger charge is -2.19. The number of hydrogen-bond donors (Lipinski definition) is 2. The number of likely N-dealkylation sites (N-methyl/N-ethyl adjacent to an activating group) is 1. The van der Waals surface area contributed by atoms with E-state index in [1.807, 2.05) is 19.1 Å². The van der Waals surface area contributed by atoms with Crippen LogP contribution in [0.25, 0.3) is 0 Å². The Labute approximate surface area is 121 Å². The summed E-state index contributed by atoms with van der Waals surface area (Å²) in [6.45, 7) is 2.74. The monoisotopic (exact) mass is 288 g/mol. The van der Waals surface area contributed by atoms with Crippen LogP contribution in [0.3, 0.4) is 0 Å². The summed E-state index contributed by atoms with van der Waals surface area (Å²) in [5, 5.41) is 8.43. The summed E-state index contributed by atoms with van der Waals surface area (Å²) < 4.78 is 0. The standard InChI is InChI=1S/C13H16N6O2/c1-2-19(8-5-10-3-6-14-7-4-10)12(21)11(20)17-13-15-9-16-18-13/h3-4,6-7,9H,2,5,8H2,1H3,(H2,15,16,17,18,20). The van der Waals surface area contributed by atoms with Crippen molar-refractivity contribution in [3.8, 4) is 0 Å². The molecule has 110 valence electrons. The van der Waals surface area contributed by atoms with Crippen LogP contribution in [0.4, 0.5) is 5.95 Å². The summed E-state index contributed by atoms with van der Waals surface area (Å²) in [7, 11) is 0. The highest BCUT2D eigenvalue weighted by Gasteiger charge is 2.21. The number of carbonyl (C=O) groups is 2. The molecule has 0 saturated carbocycles. The van der Waals surface area contributed by atoms with Crippen molar-refractivity contribution >= 4 is 17.8 Å². The molecule has 2 heterocycles. The van der Waals surface area contributed by atoms with Gasteiger partial charge in [0, 0.05) is 25.5 Å². The molecule has 0 saturated heterocycles. The molecular weight excluding hydrogens is 272 g/mol. The first-order chi connectivity index (χ1) is 10.2. The van der Waals surface area contributed by atoms with Gasteiger partial charge in [0.1, 0.15) is 6.33 Å². The number of pyridine rings is 1. The fraction of sp³-hybridized carbons (Fsp3) is 0.308. The number of rotatable bonds is 5.